The van der Waals surface area contributed by atoms with Crippen LogP contribution in [-0.4, -0.2) is 59.7 Å². The molecule has 4 bridgehead atoms. The molecule has 1 unspecified atom stereocenters. The van der Waals surface area contributed by atoms with Gasteiger partial charge >= 0.3 is 0 Å². The number of ketones is 1. The van der Waals surface area contributed by atoms with Crippen molar-refractivity contribution in [3.05, 3.63) is 65.2 Å². The number of hydrogen-bond donors (Lipinski definition) is 2. The van der Waals surface area contributed by atoms with Gasteiger partial charge in [-0.15, -0.1) is 0 Å². The fraction of sp³-hybridized carbons (Fsp3) is 0.448. The molecule has 0 aliphatic carbocycles. The zero-order valence-electron chi connectivity index (χ0n) is 21.5. The second-order valence-electron chi connectivity index (χ2n) is 9.97. The van der Waals surface area contributed by atoms with Crippen molar-refractivity contribution in [3.8, 4) is 5.75 Å². The van der Waals surface area contributed by atoms with Crippen LogP contribution in [0.5, 0.6) is 5.75 Å². The maximum absolute atomic E-state index is 13.4. The Morgan fingerprint density at radius 3 is 2.65 bits per heavy atom. The van der Waals surface area contributed by atoms with Crippen LogP contribution in [0, 0.1) is 6.92 Å². The number of hydrogen-bond acceptors (Lipinski definition) is 5. The van der Waals surface area contributed by atoms with Crippen molar-refractivity contribution in [2.45, 2.75) is 70.6 Å². The van der Waals surface area contributed by atoms with Crippen LogP contribution in [0.2, 0.25) is 0 Å². The number of benzene rings is 2. The smallest absolute Gasteiger partial charge is 0.243 e. The molecule has 3 amide bonds. The van der Waals surface area contributed by atoms with Gasteiger partial charge in [0.25, 0.3) is 0 Å². The van der Waals surface area contributed by atoms with Crippen molar-refractivity contribution >= 4 is 23.5 Å². The van der Waals surface area contributed by atoms with E-state index in [2.05, 4.69) is 10.6 Å². The number of Topliss-reactive ketones (excluding diaryl/α,β-unsaturated/α-hetero) is 1. The van der Waals surface area contributed by atoms with Gasteiger partial charge in [0.05, 0.1) is 19.0 Å². The summed E-state index contributed by atoms with van der Waals surface area (Å²) in [6.45, 7) is 4.26. The lowest BCUT2D eigenvalue weighted by Gasteiger charge is -2.25. The summed E-state index contributed by atoms with van der Waals surface area (Å²) in [5, 5.41) is 5.46. The van der Waals surface area contributed by atoms with Gasteiger partial charge in [-0.25, -0.2) is 0 Å². The Hall–Kier alpha value is -3.68. The normalized spacial score (nSPS) is 22.8. The maximum Gasteiger partial charge on any atom is 0.243 e. The molecule has 0 spiro atoms. The van der Waals surface area contributed by atoms with Gasteiger partial charge in [-0.3, -0.25) is 19.2 Å². The Kier molecular flexibility index (Phi) is 8.58. The van der Waals surface area contributed by atoms with Crippen LogP contribution in [0.4, 0.5) is 0 Å². The quantitative estimate of drug-likeness (QED) is 0.665. The molecule has 37 heavy (non-hydrogen) atoms. The highest BCUT2D eigenvalue weighted by atomic mass is 16.5. The van der Waals surface area contributed by atoms with Crippen molar-refractivity contribution in [2.24, 2.45) is 0 Å². The number of aryl methyl sites for hydroxylation is 3. The Morgan fingerprint density at radius 2 is 1.89 bits per heavy atom. The number of ether oxygens (including phenoxy) is 1. The molecule has 1 fully saturated rings. The fourth-order valence-corrected chi connectivity index (χ4v) is 4.97. The molecule has 8 nitrogen and oxygen atoms in total. The summed E-state index contributed by atoms with van der Waals surface area (Å²) in [5.74, 6) is -0.523. The molecule has 4 rings (SSSR count). The van der Waals surface area contributed by atoms with Crippen LogP contribution in [0.3, 0.4) is 0 Å². The van der Waals surface area contributed by atoms with Gasteiger partial charge in [0, 0.05) is 26.3 Å². The Balaban J connectivity index is 1.60. The van der Waals surface area contributed by atoms with Crippen molar-refractivity contribution in [3.63, 3.8) is 0 Å². The van der Waals surface area contributed by atoms with Gasteiger partial charge in [0.1, 0.15) is 17.9 Å². The molecule has 2 aromatic rings. The van der Waals surface area contributed by atoms with E-state index in [9.17, 15) is 19.2 Å². The first-order chi connectivity index (χ1) is 17.8. The average Bonchev–Trinajstić information content (AvgIpc) is 3.34. The summed E-state index contributed by atoms with van der Waals surface area (Å²) in [7, 11) is 0. The molecule has 8 heteroatoms. The predicted octanol–water partition coefficient (Wildman–Crippen LogP) is 2.50. The van der Waals surface area contributed by atoms with E-state index >= 15 is 0 Å². The molecule has 2 aliphatic heterocycles. The molecule has 2 aromatic carbocycles. The molecule has 1 saturated heterocycles. The molecule has 0 aromatic heterocycles. The minimum Gasteiger partial charge on any atom is -0.489 e. The summed E-state index contributed by atoms with van der Waals surface area (Å²) in [6.07, 6.45) is 2.18. The number of carbonyl (C=O) groups is 4. The first-order valence-electron chi connectivity index (χ1n) is 13.0. The molecule has 0 saturated carbocycles. The highest BCUT2D eigenvalue weighted by Gasteiger charge is 2.33. The van der Waals surface area contributed by atoms with Gasteiger partial charge in [0.2, 0.25) is 17.7 Å². The lowest BCUT2D eigenvalue weighted by atomic mass is 9.96. The summed E-state index contributed by atoms with van der Waals surface area (Å²) in [5.41, 5.74) is 3.16. The summed E-state index contributed by atoms with van der Waals surface area (Å²) in [6, 6.07) is 13.9. The number of nitrogens with zero attached hydrogens (tertiary/aromatic N) is 1. The van der Waals surface area contributed by atoms with Crippen molar-refractivity contribution < 1.29 is 23.9 Å². The van der Waals surface area contributed by atoms with Crippen molar-refractivity contribution in [1.82, 2.24) is 15.5 Å². The van der Waals surface area contributed by atoms with E-state index in [0.29, 0.717) is 38.8 Å². The first-order valence-corrected chi connectivity index (χ1v) is 13.0. The first kappa shape index (κ1) is 26.4. The second kappa shape index (κ2) is 12.0. The van der Waals surface area contributed by atoms with Crippen molar-refractivity contribution in [2.75, 3.05) is 13.1 Å². The third-order valence-corrected chi connectivity index (χ3v) is 7.10. The van der Waals surface area contributed by atoms with E-state index in [4.69, 9.17) is 4.74 Å². The third kappa shape index (κ3) is 7.18. The second-order valence-corrected chi connectivity index (χ2v) is 9.97. The number of amides is 3. The van der Waals surface area contributed by atoms with Crippen molar-refractivity contribution in [1.29, 1.82) is 0 Å². The minimum absolute atomic E-state index is 0.0844. The van der Waals surface area contributed by atoms with E-state index in [-0.39, 0.29) is 30.6 Å². The van der Waals surface area contributed by atoms with E-state index in [1.54, 1.807) is 4.90 Å². The Morgan fingerprint density at radius 1 is 1.11 bits per heavy atom. The van der Waals surface area contributed by atoms with Gasteiger partial charge in [-0.1, -0.05) is 36.4 Å². The highest BCUT2D eigenvalue weighted by molar-refractivity contribution is 5.95. The van der Waals surface area contributed by atoms with Crippen LogP contribution >= 0.6 is 0 Å². The molecule has 196 valence electrons. The lowest BCUT2D eigenvalue weighted by Crippen LogP contribution is -2.53. The standard InChI is InChI=1S/C29H35N3O5/c1-19-8-11-23-16-22(19)10-13-27(34)25(12-9-21-6-4-3-5-7-21)31-29(36)26(30-20(2)33)17-28(35)32-15-14-24(18-32)37-23/h3-8,11,16,24-26H,9-10,12-15,17-18H2,1-2H3,(H,30,33)(H,31,36)/t24?,25-,26-/m0/s1. The molecule has 0 radical (unpaired) electrons. The van der Waals surface area contributed by atoms with Gasteiger partial charge in [-0.05, 0) is 55.0 Å². The summed E-state index contributed by atoms with van der Waals surface area (Å²) < 4.78 is 6.17. The highest BCUT2D eigenvalue weighted by Crippen LogP contribution is 2.24. The molecule has 3 atom stereocenters. The van der Waals surface area contributed by atoms with Crippen LogP contribution in [0.25, 0.3) is 0 Å². The van der Waals surface area contributed by atoms with Crippen LogP contribution < -0.4 is 15.4 Å². The van der Waals surface area contributed by atoms with Crippen LogP contribution in [0.1, 0.15) is 49.3 Å². The third-order valence-electron chi connectivity index (χ3n) is 7.10. The molecule has 2 aliphatic rings. The zero-order valence-corrected chi connectivity index (χ0v) is 21.5. The van der Waals surface area contributed by atoms with E-state index in [1.165, 1.54) is 6.92 Å². The largest absolute Gasteiger partial charge is 0.489 e. The van der Waals surface area contributed by atoms with Crippen LogP contribution in [-0.2, 0) is 32.0 Å². The van der Waals surface area contributed by atoms with E-state index < -0.39 is 23.9 Å². The monoisotopic (exact) mass is 505 g/mol. The van der Waals surface area contributed by atoms with Gasteiger partial charge < -0.3 is 20.3 Å². The lowest BCUT2D eigenvalue weighted by molar-refractivity contribution is -0.136. The minimum atomic E-state index is -1.06. The Labute approximate surface area is 217 Å². The van der Waals surface area contributed by atoms with Gasteiger partial charge in [-0.2, -0.15) is 0 Å². The molecular weight excluding hydrogens is 470 g/mol. The number of nitrogens with one attached hydrogen (secondary N) is 2. The summed E-state index contributed by atoms with van der Waals surface area (Å²) >= 11 is 0. The Bertz CT molecular complexity index is 1150. The van der Waals surface area contributed by atoms with Crippen LogP contribution in [0.15, 0.2) is 48.5 Å². The molecular formula is C29H35N3O5. The number of rotatable bonds is 4. The average molecular weight is 506 g/mol. The predicted molar refractivity (Wildman–Crippen MR) is 139 cm³/mol. The molecule has 2 heterocycles. The van der Waals surface area contributed by atoms with E-state index in [1.807, 2.05) is 55.5 Å². The number of fused-ring (bicyclic) bond motifs is 4. The fourth-order valence-electron chi connectivity index (χ4n) is 4.97. The SMILES string of the molecule is CC(=O)N[C@H]1CC(=O)N2CCC(C2)Oc2ccc(C)c(c2)CCC(=O)[C@H](CCc2ccccc2)NC1=O. The molecule has 2 N–H and O–H groups in total. The topological polar surface area (TPSA) is 105 Å². The maximum atomic E-state index is 13.4. The van der Waals surface area contributed by atoms with Gasteiger partial charge in [0.15, 0.2) is 5.78 Å². The zero-order chi connectivity index (χ0) is 26.4. The summed E-state index contributed by atoms with van der Waals surface area (Å²) in [4.78, 5) is 53.2. The number of carbonyl (C=O) groups excluding carboxylic acids is 4. The van der Waals surface area contributed by atoms with E-state index in [0.717, 1.165) is 22.4 Å².